The number of hydrogen-bond acceptors (Lipinski definition) is 5. The average molecular weight is 277 g/mol. The van der Waals surface area contributed by atoms with Crippen molar-refractivity contribution < 1.29 is 19.1 Å². The summed E-state index contributed by atoms with van der Waals surface area (Å²) < 4.78 is 11.5. The van der Waals surface area contributed by atoms with Crippen LogP contribution in [0.5, 0.6) is 0 Å². The maximum atomic E-state index is 12.0. The number of anilines is 1. The predicted octanol–water partition coefficient (Wildman–Crippen LogP) is 2.28. The van der Waals surface area contributed by atoms with Crippen LogP contribution >= 0.6 is 0 Å². The third kappa shape index (κ3) is 3.00. The van der Waals surface area contributed by atoms with E-state index in [1.807, 2.05) is 30.3 Å². The van der Waals surface area contributed by atoms with Gasteiger partial charge in [-0.1, -0.05) is 18.2 Å². The fourth-order valence-corrected chi connectivity index (χ4v) is 2.60. The Morgan fingerprint density at radius 1 is 1.20 bits per heavy atom. The highest BCUT2D eigenvalue weighted by Crippen LogP contribution is 2.35. The molecule has 1 aliphatic heterocycles. The molecule has 1 saturated carbocycles. The Kier molecular flexibility index (Phi) is 4.00. The van der Waals surface area contributed by atoms with E-state index in [0.29, 0.717) is 32.5 Å². The Labute approximate surface area is 118 Å². The van der Waals surface area contributed by atoms with E-state index in [4.69, 9.17) is 14.3 Å². The molecule has 1 saturated heterocycles. The van der Waals surface area contributed by atoms with Crippen LogP contribution in [0.2, 0.25) is 0 Å². The van der Waals surface area contributed by atoms with Crippen LogP contribution < -0.4 is 5.48 Å². The molecular formula is C15H19NO4. The molecule has 1 N–H and O–H groups in total. The van der Waals surface area contributed by atoms with Gasteiger partial charge in [0.15, 0.2) is 11.6 Å². The van der Waals surface area contributed by atoms with E-state index in [2.05, 4.69) is 5.48 Å². The van der Waals surface area contributed by atoms with Gasteiger partial charge in [-0.3, -0.25) is 15.1 Å². The van der Waals surface area contributed by atoms with E-state index >= 15 is 0 Å². The third-order valence-corrected chi connectivity index (χ3v) is 3.72. The van der Waals surface area contributed by atoms with Crippen LogP contribution in [0.25, 0.3) is 0 Å². The number of ketones is 1. The summed E-state index contributed by atoms with van der Waals surface area (Å²) in [7, 11) is 0. The van der Waals surface area contributed by atoms with Crippen molar-refractivity contribution in [1.29, 1.82) is 0 Å². The van der Waals surface area contributed by atoms with Gasteiger partial charge in [-0.15, -0.1) is 0 Å². The number of hydrogen-bond donors (Lipinski definition) is 1. The summed E-state index contributed by atoms with van der Waals surface area (Å²) in [5.41, 5.74) is 3.66. The lowest BCUT2D eigenvalue weighted by Gasteiger charge is -2.41. The van der Waals surface area contributed by atoms with E-state index in [1.165, 1.54) is 0 Å². The Hall–Kier alpha value is -1.43. The van der Waals surface area contributed by atoms with Crippen molar-refractivity contribution in [1.82, 2.24) is 0 Å². The molecule has 1 heterocycles. The summed E-state index contributed by atoms with van der Waals surface area (Å²) >= 11 is 0. The number of carbonyl (C=O) groups is 1. The van der Waals surface area contributed by atoms with Gasteiger partial charge in [-0.05, 0) is 18.6 Å². The molecule has 108 valence electrons. The van der Waals surface area contributed by atoms with Crippen molar-refractivity contribution in [2.45, 2.75) is 37.6 Å². The number of Topliss-reactive ketones (excluding diaryl/α,β-unsaturated/α-hetero) is 1. The van der Waals surface area contributed by atoms with Gasteiger partial charge in [0.1, 0.15) is 6.10 Å². The fourth-order valence-electron chi connectivity index (χ4n) is 2.60. The average Bonchev–Trinajstić information content (AvgIpc) is 2.50. The van der Waals surface area contributed by atoms with Crippen molar-refractivity contribution in [3.05, 3.63) is 30.3 Å². The minimum atomic E-state index is -0.630. The number of carbonyl (C=O) groups excluding carboxylic acids is 1. The number of nitrogens with one attached hydrogen (secondary N) is 1. The zero-order chi connectivity index (χ0) is 13.8. The summed E-state index contributed by atoms with van der Waals surface area (Å²) in [6.45, 7) is 1.38. The number of benzene rings is 1. The minimum Gasteiger partial charge on any atom is -0.350 e. The molecule has 1 atom stereocenters. The molecule has 5 heteroatoms. The van der Waals surface area contributed by atoms with Gasteiger partial charge in [0, 0.05) is 19.3 Å². The first kappa shape index (κ1) is 13.5. The van der Waals surface area contributed by atoms with Gasteiger partial charge in [-0.25, -0.2) is 0 Å². The van der Waals surface area contributed by atoms with Crippen LogP contribution in [-0.2, 0) is 19.1 Å². The molecule has 0 unspecified atom stereocenters. The standard InChI is InChI=1S/C15H19NO4/c17-13-7-8-15(18-9-4-10-19-15)11-14(13)20-16-12-5-2-1-3-6-12/h1-3,5-6,14,16H,4,7-11H2/t14-/m1/s1. The van der Waals surface area contributed by atoms with Crippen LogP contribution in [0.4, 0.5) is 5.69 Å². The molecule has 20 heavy (non-hydrogen) atoms. The summed E-state index contributed by atoms with van der Waals surface area (Å²) in [6.07, 6.45) is 1.88. The highest BCUT2D eigenvalue weighted by Gasteiger charge is 2.44. The summed E-state index contributed by atoms with van der Waals surface area (Å²) in [5.74, 6) is -0.535. The van der Waals surface area contributed by atoms with Crippen molar-refractivity contribution >= 4 is 11.5 Å². The first-order valence-electron chi connectivity index (χ1n) is 7.05. The van der Waals surface area contributed by atoms with Crippen LogP contribution in [-0.4, -0.2) is 30.9 Å². The van der Waals surface area contributed by atoms with Gasteiger partial charge >= 0.3 is 0 Å². The zero-order valence-corrected chi connectivity index (χ0v) is 11.3. The van der Waals surface area contributed by atoms with Crippen LogP contribution in [0, 0.1) is 0 Å². The molecule has 1 aromatic rings. The Bertz CT molecular complexity index is 456. The quantitative estimate of drug-likeness (QED) is 0.859. The largest absolute Gasteiger partial charge is 0.350 e. The van der Waals surface area contributed by atoms with Crippen molar-refractivity contribution in [3.63, 3.8) is 0 Å². The van der Waals surface area contributed by atoms with Crippen molar-refractivity contribution in [3.8, 4) is 0 Å². The molecule has 0 radical (unpaired) electrons. The van der Waals surface area contributed by atoms with E-state index in [9.17, 15) is 4.79 Å². The molecule has 1 aliphatic carbocycles. The Morgan fingerprint density at radius 2 is 1.95 bits per heavy atom. The van der Waals surface area contributed by atoms with Crippen LogP contribution in [0.3, 0.4) is 0 Å². The van der Waals surface area contributed by atoms with E-state index in [0.717, 1.165) is 12.1 Å². The van der Waals surface area contributed by atoms with E-state index in [-0.39, 0.29) is 5.78 Å². The Balaban J connectivity index is 1.61. The first-order valence-corrected chi connectivity index (χ1v) is 7.05. The summed E-state index contributed by atoms with van der Waals surface area (Å²) in [5, 5.41) is 0. The zero-order valence-electron chi connectivity index (χ0n) is 11.3. The number of ether oxygens (including phenoxy) is 2. The third-order valence-electron chi connectivity index (χ3n) is 3.72. The van der Waals surface area contributed by atoms with E-state index in [1.54, 1.807) is 0 Å². The lowest BCUT2D eigenvalue weighted by atomic mass is 9.90. The molecule has 1 spiro atoms. The van der Waals surface area contributed by atoms with Crippen molar-refractivity contribution in [2.24, 2.45) is 0 Å². The highest BCUT2D eigenvalue weighted by atomic mass is 16.7. The molecule has 3 rings (SSSR count). The monoisotopic (exact) mass is 277 g/mol. The van der Waals surface area contributed by atoms with E-state index < -0.39 is 11.9 Å². The van der Waals surface area contributed by atoms with Gasteiger partial charge < -0.3 is 9.47 Å². The smallest absolute Gasteiger partial charge is 0.171 e. The second-order valence-corrected chi connectivity index (χ2v) is 5.21. The van der Waals surface area contributed by atoms with Gasteiger partial charge in [0.05, 0.1) is 18.9 Å². The second kappa shape index (κ2) is 5.91. The lowest BCUT2D eigenvalue weighted by Crippen LogP contribution is -2.50. The molecule has 5 nitrogen and oxygen atoms in total. The number of rotatable bonds is 3. The highest BCUT2D eigenvalue weighted by molar-refractivity contribution is 5.84. The molecule has 0 amide bonds. The minimum absolute atomic E-state index is 0.0943. The topological polar surface area (TPSA) is 56.8 Å². The van der Waals surface area contributed by atoms with Crippen molar-refractivity contribution in [2.75, 3.05) is 18.7 Å². The predicted molar refractivity (Wildman–Crippen MR) is 73.0 cm³/mol. The fraction of sp³-hybridized carbons (Fsp3) is 0.533. The molecule has 1 aromatic carbocycles. The molecule has 0 aromatic heterocycles. The van der Waals surface area contributed by atoms with Gasteiger partial charge in [0.25, 0.3) is 0 Å². The van der Waals surface area contributed by atoms with Gasteiger partial charge in [0.2, 0.25) is 0 Å². The lowest BCUT2D eigenvalue weighted by molar-refractivity contribution is -0.286. The first-order chi connectivity index (χ1) is 9.77. The maximum Gasteiger partial charge on any atom is 0.171 e. The SMILES string of the molecule is O=C1CCC2(C[C@H]1ONc1ccccc1)OCCCO2. The van der Waals surface area contributed by atoms with Crippen LogP contribution in [0.15, 0.2) is 30.3 Å². The molecular weight excluding hydrogens is 258 g/mol. The summed E-state index contributed by atoms with van der Waals surface area (Å²) in [6, 6.07) is 9.51. The second-order valence-electron chi connectivity index (χ2n) is 5.21. The molecule has 2 aliphatic rings. The molecule has 2 fully saturated rings. The van der Waals surface area contributed by atoms with Gasteiger partial charge in [-0.2, -0.15) is 0 Å². The summed E-state index contributed by atoms with van der Waals surface area (Å²) in [4.78, 5) is 17.5. The maximum absolute atomic E-state index is 12.0. The Morgan fingerprint density at radius 3 is 2.70 bits per heavy atom. The van der Waals surface area contributed by atoms with Crippen LogP contribution in [0.1, 0.15) is 25.7 Å². The number of para-hydroxylation sites is 1. The molecule has 0 bridgehead atoms. The normalized spacial score (nSPS) is 25.6.